The summed E-state index contributed by atoms with van der Waals surface area (Å²) in [6, 6.07) is 6.59. The molecular weight excluding hydrogens is 258 g/mol. The Morgan fingerprint density at radius 3 is 2.50 bits per heavy atom. The van der Waals surface area contributed by atoms with Gasteiger partial charge in [0.15, 0.2) is 0 Å². The third kappa shape index (κ3) is 2.98. The first-order valence-corrected chi connectivity index (χ1v) is 7.01. The van der Waals surface area contributed by atoms with Crippen LogP contribution < -0.4 is 0 Å². The van der Waals surface area contributed by atoms with E-state index < -0.39 is 16.3 Å². The molecule has 0 spiro atoms. The fourth-order valence-electron chi connectivity index (χ4n) is 3.07. The van der Waals surface area contributed by atoms with Crippen molar-refractivity contribution in [2.75, 3.05) is 0 Å². The molecule has 1 N–H and O–H groups in total. The van der Waals surface area contributed by atoms with Crippen LogP contribution in [0.3, 0.4) is 0 Å². The summed E-state index contributed by atoms with van der Waals surface area (Å²) < 4.78 is 0. The molecule has 0 atom stereocenters. The van der Waals surface area contributed by atoms with Gasteiger partial charge in [0, 0.05) is 11.6 Å². The van der Waals surface area contributed by atoms with Crippen LogP contribution in [0.25, 0.3) is 0 Å². The number of nitro groups is 1. The maximum absolute atomic E-state index is 11.6. The third-order valence-corrected chi connectivity index (χ3v) is 4.33. The van der Waals surface area contributed by atoms with E-state index >= 15 is 0 Å². The van der Waals surface area contributed by atoms with Gasteiger partial charge < -0.3 is 5.11 Å². The summed E-state index contributed by atoms with van der Waals surface area (Å²) in [4.78, 5) is 22.2. The number of aryl methyl sites for hydroxylation is 1. The summed E-state index contributed by atoms with van der Waals surface area (Å²) in [5.74, 6) is -0.754. The lowest BCUT2D eigenvalue weighted by molar-refractivity contribution is -0.385. The Morgan fingerprint density at radius 2 is 1.90 bits per heavy atom. The molecule has 0 bridgehead atoms. The minimum Gasteiger partial charge on any atom is -0.481 e. The molecule has 1 saturated carbocycles. The van der Waals surface area contributed by atoms with Crippen LogP contribution in [0.1, 0.15) is 44.1 Å². The number of carboxylic acids is 1. The van der Waals surface area contributed by atoms with Gasteiger partial charge in [-0.05, 0) is 25.7 Å². The molecule has 0 aliphatic heterocycles. The molecule has 0 aromatic heterocycles. The smallest absolute Gasteiger partial charge is 0.309 e. The van der Waals surface area contributed by atoms with Crippen molar-refractivity contribution in [2.24, 2.45) is 5.41 Å². The van der Waals surface area contributed by atoms with E-state index in [1.54, 1.807) is 18.2 Å². The first-order valence-electron chi connectivity index (χ1n) is 7.01. The third-order valence-electron chi connectivity index (χ3n) is 4.33. The topological polar surface area (TPSA) is 80.4 Å². The normalized spacial score (nSPS) is 17.6. The minimum atomic E-state index is -0.754. The number of hydrogen-bond donors (Lipinski definition) is 1. The number of benzene rings is 1. The number of rotatable bonds is 5. The second-order valence-corrected chi connectivity index (χ2v) is 5.53. The minimum absolute atomic E-state index is 0.0869. The molecule has 1 aromatic carbocycles. The number of carboxylic acid groups (broad SMARTS) is 1. The molecule has 108 valence electrons. The number of para-hydroxylation sites is 1. The van der Waals surface area contributed by atoms with Crippen molar-refractivity contribution >= 4 is 11.7 Å². The molecule has 0 unspecified atom stereocenters. The highest BCUT2D eigenvalue weighted by molar-refractivity contribution is 5.74. The molecule has 0 amide bonds. The fourth-order valence-corrected chi connectivity index (χ4v) is 3.07. The van der Waals surface area contributed by atoms with Crippen molar-refractivity contribution < 1.29 is 14.8 Å². The van der Waals surface area contributed by atoms with Crippen molar-refractivity contribution in [1.29, 1.82) is 0 Å². The van der Waals surface area contributed by atoms with E-state index in [0.29, 0.717) is 31.2 Å². The van der Waals surface area contributed by atoms with E-state index in [4.69, 9.17) is 0 Å². The van der Waals surface area contributed by atoms with Gasteiger partial charge in [-0.15, -0.1) is 0 Å². The zero-order valence-corrected chi connectivity index (χ0v) is 11.4. The SMILES string of the molecule is O=C(O)C1(CCc2ccccc2[N+](=O)[O-])CCCCC1. The van der Waals surface area contributed by atoms with Crippen LogP contribution in [0.4, 0.5) is 5.69 Å². The van der Waals surface area contributed by atoms with Crippen molar-refractivity contribution in [3.8, 4) is 0 Å². The molecule has 20 heavy (non-hydrogen) atoms. The van der Waals surface area contributed by atoms with Gasteiger partial charge >= 0.3 is 5.97 Å². The van der Waals surface area contributed by atoms with Crippen molar-refractivity contribution in [3.63, 3.8) is 0 Å². The first-order chi connectivity index (χ1) is 9.55. The molecule has 0 heterocycles. The van der Waals surface area contributed by atoms with Gasteiger partial charge in [-0.1, -0.05) is 37.5 Å². The Bertz CT molecular complexity index is 506. The van der Waals surface area contributed by atoms with Crippen LogP contribution in [0.15, 0.2) is 24.3 Å². The Hall–Kier alpha value is -1.91. The summed E-state index contributed by atoms with van der Waals surface area (Å²) in [5, 5.41) is 20.5. The maximum atomic E-state index is 11.6. The quantitative estimate of drug-likeness (QED) is 0.659. The van der Waals surface area contributed by atoms with E-state index in [1.165, 1.54) is 6.07 Å². The largest absolute Gasteiger partial charge is 0.481 e. The van der Waals surface area contributed by atoms with Gasteiger partial charge in [0.1, 0.15) is 0 Å². The summed E-state index contributed by atoms with van der Waals surface area (Å²) >= 11 is 0. The number of nitrogens with zero attached hydrogens (tertiary/aromatic N) is 1. The van der Waals surface area contributed by atoms with Crippen molar-refractivity contribution in [2.45, 2.75) is 44.9 Å². The van der Waals surface area contributed by atoms with E-state index in [-0.39, 0.29) is 5.69 Å². The van der Waals surface area contributed by atoms with Crippen molar-refractivity contribution in [3.05, 3.63) is 39.9 Å². The lowest BCUT2D eigenvalue weighted by atomic mass is 9.70. The second kappa shape index (κ2) is 6.03. The first kappa shape index (κ1) is 14.5. The molecular formula is C15H19NO4. The number of aliphatic carboxylic acids is 1. The Kier molecular flexibility index (Phi) is 4.37. The lowest BCUT2D eigenvalue weighted by Gasteiger charge is -2.33. The molecule has 1 fully saturated rings. The molecule has 0 saturated heterocycles. The fraction of sp³-hybridized carbons (Fsp3) is 0.533. The van der Waals surface area contributed by atoms with Gasteiger partial charge in [-0.3, -0.25) is 14.9 Å². The Labute approximate surface area is 117 Å². The highest BCUT2D eigenvalue weighted by Crippen LogP contribution is 2.41. The molecule has 1 aliphatic rings. The zero-order valence-electron chi connectivity index (χ0n) is 11.4. The highest BCUT2D eigenvalue weighted by Gasteiger charge is 2.39. The molecule has 5 heteroatoms. The molecule has 2 rings (SSSR count). The summed E-state index contributed by atoms with van der Waals surface area (Å²) in [6.07, 6.45) is 5.25. The summed E-state index contributed by atoms with van der Waals surface area (Å²) in [7, 11) is 0. The van der Waals surface area contributed by atoms with Gasteiger partial charge in [0.25, 0.3) is 5.69 Å². The van der Waals surface area contributed by atoms with E-state index in [0.717, 1.165) is 19.3 Å². The van der Waals surface area contributed by atoms with Crippen LogP contribution in [-0.4, -0.2) is 16.0 Å². The molecule has 1 aliphatic carbocycles. The van der Waals surface area contributed by atoms with Crippen molar-refractivity contribution in [1.82, 2.24) is 0 Å². The Morgan fingerprint density at radius 1 is 1.25 bits per heavy atom. The second-order valence-electron chi connectivity index (χ2n) is 5.53. The monoisotopic (exact) mass is 277 g/mol. The van der Waals surface area contributed by atoms with Crippen LogP contribution in [0.2, 0.25) is 0 Å². The van der Waals surface area contributed by atoms with Gasteiger partial charge in [0.2, 0.25) is 0 Å². The standard InChI is InChI=1S/C15H19NO4/c17-14(18)15(9-4-1-5-10-15)11-8-12-6-2-3-7-13(12)16(19)20/h2-3,6-7H,1,4-5,8-11H2,(H,17,18). The lowest BCUT2D eigenvalue weighted by Crippen LogP contribution is -2.33. The zero-order chi connectivity index (χ0) is 14.6. The molecule has 1 aromatic rings. The number of nitro benzene ring substituents is 1. The van der Waals surface area contributed by atoms with Crippen LogP contribution >= 0.6 is 0 Å². The average Bonchev–Trinajstić information content (AvgIpc) is 2.46. The van der Waals surface area contributed by atoms with E-state index in [9.17, 15) is 20.0 Å². The predicted molar refractivity (Wildman–Crippen MR) is 74.6 cm³/mol. The van der Waals surface area contributed by atoms with Gasteiger partial charge in [-0.2, -0.15) is 0 Å². The van der Waals surface area contributed by atoms with E-state index in [2.05, 4.69) is 0 Å². The highest BCUT2D eigenvalue weighted by atomic mass is 16.6. The Balaban J connectivity index is 2.14. The number of hydrogen-bond acceptors (Lipinski definition) is 3. The average molecular weight is 277 g/mol. The summed E-state index contributed by atoms with van der Waals surface area (Å²) in [5.41, 5.74) is 0.0228. The number of carbonyl (C=O) groups is 1. The van der Waals surface area contributed by atoms with Crippen LogP contribution in [-0.2, 0) is 11.2 Å². The van der Waals surface area contributed by atoms with Crippen LogP contribution in [0, 0.1) is 15.5 Å². The summed E-state index contributed by atoms with van der Waals surface area (Å²) in [6.45, 7) is 0. The predicted octanol–water partition coefficient (Wildman–Crippen LogP) is 3.56. The van der Waals surface area contributed by atoms with Gasteiger partial charge in [0.05, 0.1) is 10.3 Å². The van der Waals surface area contributed by atoms with Crippen LogP contribution in [0.5, 0.6) is 0 Å². The maximum Gasteiger partial charge on any atom is 0.309 e. The molecule has 5 nitrogen and oxygen atoms in total. The van der Waals surface area contributed by atoms with Gasteiger partial charge in [-0.25, -0.2) is 0 Å². The molecule has 0 radical (unpaired) electrons. The van der Waals surface area contributed by atoms with E-state index in [1.807, 2.05) is 0 Å².